The van der Waals surface area contributed by atoms with Gasteiger partial charge in [-0.25, -0.2) is 0 Å². The van der Waals surface area contributed by atoms with Crippen molar-refractivity contribution in [1.29, 1.82) is 0 Å². The van der Waals surface area contributed by atoms with Gasteiger partial charge in [-0.05, 0) is 48.2 Å². The summed E-state index contributed by atoms with van der Waals surface area (Å²) >= 11 is 0. The van der Waals surface area contributed by atoms with E-state index < -0.39 is 0 Å². The zero-order valence-corrected chi connectivity index (χ0v) is 19.3. The van der Waals surface area contributed by atoms with Gasteiger partial charge in [-0.3, -0.25) is 40.9 Å². The van der Waals surface area contributed by atoms with Gasteiger partial charge in [0.25, 0.3) is 0 Å². The van der Waals surface area contributed by atoms with Crippen LogP contribution in [-0.2, 0) is 32.0 Å². The Kier molecular flexibility index (Phi) is 10.9. The minimum atomic E-state index is -0.351. The van der Waals surface area contributed by atoms with Crippen LogP contribution >= 0.6 is 0 Å². The third-order valence-corrected chi connectivity index (χ3v) is 4.79. The Morgan fingerprint density at radius 3 is 1.21 bits per heavy atom. The number of hydrogen-bond acceptors (Lipinski definition) is 6. The second-order valence-electron chi connectivity index (χ2n) is 7.45. The van der Waals surface area contributed by atoms with Crippen LogP contribution in [0.25, 0.3) is 0 Å². The number of rotatable bonds is 11. The standard InChI is InChI=1S/C24H30N4O6/c1-33-19-11-7-17(8-12-19)15-23(31)27-25-21(29)5-3-4-6-22(30)26-28-24(32)16-18-9-13-20(34-2)14-10-18/h7-14H,3-6,15-16H2,1-2H3,(H,25,29)(H,26,30)(H,27,31)(H,28,32). The second kappa shape index (κ2) is 14.1. The van der Waals surface area contributed by atoms with Crippen LogP contribution in [0.4, 0.5) is 0 Å². The normalized spacial score (nSPS) is 10.1. The molecule has 0 saturated carbocycles. The molecule has 0 atom stereocenters. The van der Waals surface area contributed by atoms with E-state index in [-0.39, 0.29) is 49.3 Å². The summed E-state index contributed by atoms with van der Waals surface area (Å²) in [5.41, 5.74) is 11.0. The lowest BCUT2D eigenvalue weighted by Gasteiger charge is -2.09. The van der Waals surface area contributed by atoms with Gasteiger partial charge in [0.2, 0.25) is 23.6 Å². The van der Waals surface area contributed by atoms with E-state index in [1.807, 2.05) is 0 Å². The molecule has 0 aliphatic heterocycles. The largest absolute Gasteiger partial charge is 0.497 e. The Morgan fingerprint density at radius 2 is 0.882 bits per heavy atom. The van der Waals surface area contributed by atoms with Crippen molar-refractivity contribution in [2.75, 3.05) is 14.2 Å². The van der Waals surface area contributed by atoms with E-state index in [9.17, 15) is 19.2 Å². The fourth-order valence-electron chi connectivity index (χ4n) is 2.92. The summed E-state index contributed by atoms with van der Waals surface area (Å²) < 4.78 is 10.1. The average Bonchev–Trinajstić information content (AvgIpc) is 2.85. The van der Waals surface area contributed by atoms with Gasteiger partial charge < -0.3 is 9.47 Å². The molecule has 0 aliphatic carbocycles. The molecule has 0 spiro atoms. The summed E-state index contributed by atoms with van der Waals surface area (Å²) in [6.07, 6.45) is 1.45. The molecule has 10 heteroatoms. The molecule has 4 amide bonds. The first-order valence-electron chi connectivity index (χ1n) is 10.8. The smallest absolute Gasteiger partial charge is 0.242 e. The van der Waals surface area contributed by atoms with E-state index in [4.69, 9.17) is 9.47 Å². The molecule has 2 aromatic carbocycles. The van der Waals surface area contributed by atoms with Crippen LogP contribution < -0.4 is 31.2 Å². The van der Waals surface area contributed by atoms with Crippen LogP contribution in [0.15, 0.2) is 48.5 Å². The number of amides is 4. The molecule has 10 nitrogen and oxygen atoms in total. The molecule has 0 aromatic heterocycles. The van der Waals surface area contributed by atoms with E-state index in [1.54, 1.807) is 62.8 Å². The minimum absolute atomic E-state index is 0.120. The zero-order chi connectivity index (χ0) is 24.8. The van der Waals surface area contributed by atoms with Gasteiger partial charge in [0.05, 0.1) is 27.1 Å². The molecule has 2 aromatic rings. The van der Waals surface area contributed by atoms with Crippen molar-refractivity contribution >= 4 is 23.6 Å². The van der Waals surface area contributed by atoms with E-state index in [0.717, 1.165) is 11.1 Å². The monoisotopic (exact) mass is 470 g/mol. The summed E-state index contributed by atoms with van der Waals surface area (Å²) in [7, 11) is 3.12. The van der Waals surface area contributed by atoms with Crippen molar-refractivity contribution in [3.63, 3.8) is 0 Å². The number of ether oxygens (including phenoxy) is 2. The van der Waals surface area contributed by atoms with E-state index >= 15 is 0 Å². The quantitative estimate of drug-likeness (QED) is 0.289. The minimum Gasteiger partial charge on any atom is -0.497 e. The second-order valence-corrected chi connectivity index (χ2v) is 7.45. The van der Waals surface area contributed by atoms with Crippen molar-refractivity contribution in [3.05, 3.63) is 59.7 Å². The Morgan fingerprint density at radius 1 is 0.559 bits per heavy atom. The predicted octanol–water partition coefficient (Wildman–Crippen LogP) is 1.34. The first-order valence-corrected chi connectivity index (χ1v) is 10.8. The molecule has 34 heavy (non-hydrogen) atoms. The molecule has 0 heterocycles. The fourth-order valence-corrected chi connectivity index (χ4v) is 2.92. The highest BCUT2D eigenvalue weighted by atomic mass is 16.5. The molecule has 0 unspecified atom stereocenters. The molecule has 0 fully saturated rings. The molecular weight excluding hydrogens is 440 g/mol. The molecule has 0 bridgehead atoms. The van der Waals surface area contributed by atoms with Crippen molar-refractivity contribution < 1.29 is 28.7 Å². The predicted molar refractivity (Wildman–Crippen MR) is 124 cm³/mol. The van der Waals surface area contributed by atoms with Crippen molar-refractivity contribution in [2.45, 2.75) is 38.5 Å². The van der Waals surface area contributed by atoms with Gasteiger partial charge in [-0.2, -0.15) is 0 Å². The first-order chi connectivity index (χ1) is 16.4. The summed E-state index contributed by atoms with van der Waals surface area (Å²) in [5, 5.41) is 0. The van der Waals surface area contributed by atoms with Crippen LogP contribution in [0.1, 0.15) is 36.8 Å². The number of carbonyl (C=O) groups excluding carboxylic acids is 4. The number of methoxy groups -OCH3 is 2. The van der Waals surface area contributed by atoms with E-state index in [0.29, 0.717) is 24.3 Å². The number of carbonyl (C=O) groups is 4. The summed E-state index contributed by atoms with van der Waals surface area (Å²) in [6.45, 7) is 0. The number of benzene rings is 2. The van der Waals surface area contributed by atoms with Crippen LogP contribution in [0.5, 0.6) is 11.5 Å². The summed E-state index contributed by atoms with van der Waals surface area (Å²) in [6, 6.07) is 14.1. The van der Waals surface area contributed by atoms with Crippen molar-refractivity contribution in [2.24, 2.45) is 0 Å². The SMILES string of the molecule is COc1ccc(CC(=O)NNC(=O)CCCCC(=O)NNC(=O)Cc2ccc(OC)cc2)cc1. The number of hydrazine groups is 2. The topological polar surface area (TPSA) is 135 Å². The van der Waals surface area contributed by atoms with Gasteiger partial charge in [0.1, 0.15) is 11.5 Å². The molecule has 2 rings (SSSR count). The highest BCUT2D eigenvalue weighted by Crippen LogP contribution is 2.12. The maximum absolute atomic E-state index is 11.9. The van der Waals surface area contributed by atoms with Crippen molar-refractivity contribution in [3.8, 4) is 11.5 Å². The van der Waals surface area contributed by atoms with Crippen molar-refractivity contribution in [1.82, 2.24) is 21.7 Å². The molecule has 0 saturated heterocycles. The Balaban J connectivity index is 1.53. The van der Waals surface area contributed by atoms with Crippen LogP contribution in [0.3, 0.4) is 0 Å². The number of hydrogen-bond donors (Lipinski definition) is 4. The summed E-state index contributed by atoms with van der Waals surface area (Å²) in [5.74, 6) is 0.00304. The van der Waals surface area contributed by atoms with Crippen LogP contribution in [0.2, 0.25) is 0 Å². The lowest BCUT2D eigenvalue weighted by Crippen LogP contribution is -2.42. The molecule has 182 valence electrons. The third-order valence-electron chi connectivity index (χ3n) is 4.79. The average molecular weight is 471 g/mol. The van der Waals surface area contributed by atoms with Crippen LogP contribution in [-0.4, -0.2) is 37.8 Å². The summed E-state index contributed by atoms with van der Waals surface area (Å²) in [4.78, 5) is 47.5. The Labute approximate surface area is 198 Å². The van der Waals surface area contributed by atoms with Gasteiger partial charge in [-0.1, -0.05) is 24.3 Å². The highest BCUT2D eigenvalue weighted by Gasteiger charge is 2.09. The zero-order valence-electron chi connectivity index (χ0n) is 19.3. The number of unbranched alkanes of at least 4 members (excludes halogenated alkanes) is 1. The Bertz CT molecular complexity index is 881. The van der Waals surface area contributed by atoms with Gasteiger partial charge in [-0.15, -0.1) is 0 Å². The van der Waals surface area contributed by atoms with Crippen LogP contribution in [0, 0.1) is 0 Å². The molecule has 4 N–H and O–H groups in total. The lowest BCUT2D eigenvalue weighted by molar-refractivity contribution is -0.129. The maximum Gasteiger partial charge on any atom is 0.242 e. The maximum atomic E-state index is 11.9. The molecular formula is C24H30N4O6. The number of nitrogens with one attached hydrogen (secondary N) is 4. The third kappa shape index (κ3) is 10.0. The van der Waals surface area contributed by atoms with Gasteiger partial charge >= 0.3 is 0 Å². The molecule has 0 radical (unpaired) electrons. The van der Waals surface area contributed by atoms with E-state index in [2.05, 4.69) is 21.7 Å². The van der Waals surface area contributed by atoms with E-state index in [1.165, 1.54) is 0 Å². The molecule has 0 aliphatic rings. The van der Waals surface area contributed by atoms with Gasteiger partial charge in [0.15, 0.2) is 0 Å². The lowest BCUT2D eigenvalue weighted by atomic mass is 10.1. The fraction of sp³-hybridized carbons (Fsp3) is 0.333. The Hall–Kier alpha value is -4.08. The van der Waals surface area contributed by atoms with Gasteiger partial charge in [0, 0.05) is 12.8 Å². The highest BCUT2D eigenvalue weighted by molar-refractivity contribution is 5.84. The first kappa shape index (κ1) is 26.2.